The number of thiazole rings is 1. The van der Waals surface area contributed by atoms with Gasteiger partial charge in [0, 0.05) is 18.0 Å². The Morgan fingerprint density at radius 2 is 2.11 bits per heavy atom. The van der Waals surface area contributed by atoms with Crippen molar-refractivity contribution in [1.29, 1.82) is 0 Å². The normalized spacial score (nSPS) is 12.3. The standard InChI is InChI=1S/C14H18N2OS/c1-3-17-14-6-4-12(5-7-14)11(2)15-8-13-9-18-10-16-13/h4-7,9-11,15H,3,8H2,1-2H3. The van der Waals surface area contributed by atoms with E-state index in [9.17, 15) is 0 Å². The summed E-state index contributed by atoms with van der Waals surface area (Å²) in [6.45, 7) is 5.66. The van der Waals surface area contributed by atoms with Gasteiger partial charge in [0.15, 0.2) is 0 Å². The van der Waals surface area contributed by atoms with E-state index in [0.29, 0.717) is 12.6 Å². The quantitative estimate of drug-likeness (QED) is 0.866. The molecule has 18 heavy (non-hydrogen) atoms. The van der Waals surface area contributed by atoms with E-state index >= 15 is 0 Å². The minimum absolute atomic E-state index is 0.308. The zero-order chi connectivity index (χ0) is 12.8. The molecule has 1 aromatic heterocycles. The maximum Gasteiger partial charge on any atom is 0.119 e. The Labute approximate surface area is 112 Å². The van der Waals surface area contributed by atoms with Crippen LogP contribution >= 0.6 is 11.3 Å². The Balaban J connectivity index is 1.89. The lowest BCUT2D eigenvalue weighted by Gasteiger charge is -2.14. The smallest absolute Gasteiger partial charge is 0.119 e. The first-order chi connectivity index (χ1) is 8.79. The number of nitrogens with one attached hydrogen (secondary N) is 1. The number of hydrogen-bond acceptors (Lipinski definition) is 4. The first-order valence-corrected chi connectivity index (χ1v) is 7.07. The Morgan fingerprint density at radius 1 is 1.33 bits per heavy atom. The molecule has 0 fully saturated rings. The molecule has 2 rings (SSSR count). The molecular weight excluding hydrogens is 244 g/mol. The van der Waals surface area contributed by atoms with Crippen molar-refractivity contribution in [1.82, 2.24) is 10.3 Å². The Morgan fingerprint density at radius 3 is 2.72 bits per heavy atom. The molecule has 0 aliphatic carbocycles. The van der Waals surface area contributed by atoms with E-state index in [-0.39, 0.29) is 0 Å². The zero-order valence-electron chi connectivity index (χ0n) is 10.7. The molecule has 1 aromatic carbocycles. The van der Waals surface area contributed by atoms with Crippen molar-refractivity contribution in [3.8, 4) is 5.75 Å². The van der Waals surface area contributed by atoms with Gasteiger partial charge in [0.1, 0.15) is 5.75 Å². The third-order valence-electron chi connectivity index (χ3n) is 2.76. The molecule has 0 aliphatic rings. The molecule has 1 unspecified atom stereocenters. The summed E-state index contributed by atoms with van der Waals surface area (Å²) in [5, 5.41) is 5.52. The van der Waals surface area contributed by atoms with Gasteiger partial charge in [-0.2, -0.15) is 0 Å². The van der Waals surface area contributed by atoms with Crippen LogP contribution < -0.4 is 10.1 Å². The minimum atomic E-state index is 0.308. The van der Waals surface area contributed by atoms with Gasteiger partial charge >= 0.3 is 0 Å². The van der Waals surface area contributed by atoms with Crippen LogP contribution in [0.2, 0.25) is 0 Å². The summed E-state index contributed by atoms with van der Waals surface area (Å²) in [4.78, 5) is 4.26. The van der Waals surface area contributed by atoms with Gasteiger partial charge < -0.3 is 10.1 Å². The summed E-state index contributed by atoms with van der Waals surface area (Å²) in [5.41, 5.74) is 4.21. The maximum atomic E-state index is 5.43. The second kappa shape index (κ2) is 6.52. The molecule has 0 radical (unpaired) electrons. The first-order valence-electron chi connectivity index (χ1n) is 6.12. The Bertz CT molecular complexity index is 453. The van der Waals surface area contributed by atoms with E-state index in [1.165, 1.54) is 5.56 Å². The number of ether oxygens (including phenoxy) is 1. The highest BCUT2D eigenvalue weighted by Gasteiger charge is 2.05. The van der Waals surface area contributed by atoms with Crippen LogP contribution in [0.3, 0.4) is 0 Å². The largest absolute Gasteiger partial charge is 0.494 e. The van der Waals surface area contributed by atoms with E-state index in [4.69, 9.17) is 4.74 Å². The highest BCUT2D eigenvalue weighted by atomic mass is 32.1. The predicted molar refractivity (Wildman–Crippen MR) is 75.0 cm³/mol. The summed E-state index contributed by atoms with van der Waals surface area (Å²) in [7, 11) is 0. The van der Waals surface area contributed by atoms with Crippen molar-refractivity contribution in [3.63, 3.8) is 0 Å². The maximum absolute atomic E-state index is 5.43. The van der Waals surface area contributed by atoms with Crippen LogP contribution in [0.4, 0.5) is 0 Å². The van der Waals surface area contributed by atoms with Crippen molar-refractivity contribution in [2.24, 2.45) is 0 Å². The van der Waals surface area contributed by atoms with E-state index < -0.39 is 0 Å². The van der Waals surface area contributed by atoms with Crippen LogP contribution in [-0.2, 0) is 6.54 Å². The van der Waals surface area contributed by atoms with Crippen LogP contribution in [0.25, 0.3) is 0 Å². The van der Waals surface area contributed by atoms with E-state index in [1.54, 1.807) is 11.3 Å². The lowest BCUT2D eigenvalue weighted by molar-refractivity contribution is 0.340. The topological polar surface area (TPSA) is 34.1 Å². The highest BCUT2D eigenvalue weighted by Crippen LogP contribution is 2.18. The molecule has 1 N–H and O–H groups in total. The summed E-state index contributed by atoms with van der Waals surface area (Å²) < 4.78 is 5.43. The fraction of sp³-hybridized carbons (Fsp3) is 0.357. The van der Waals surface area contributed by atoms with Crippen LogP contribution in [0.15, 0.2) is 35.2 Å². The molecule has 96 valence electrons. The third kappa shape index (κ3) is 3.55. The molecule has 4 heteroatoms. The van der Waals surface area contributed by atoms with Gasteiger partial charge in [-0.25, -0.2) is 4.98 Å². The van der Waals surface area contributed by atoms with Crippen molar-refractivity contribution < 1.29 is 4.74 Å². The zero-order valence-corrected chi connectivity index (χ0v) is 11.5. The van der Waals surface area contributed by atoms with Gasteiger partial charge in [-0.1, -0.05) is 12.1 Å². The molecule has 0 amide bonds. The first kappa shape index (κ1) is 13.1. The summed E-state index contributed by atoms with van der Waals surface area (Å²) in [5.74, 6) is 0.924. The Kier molecular flexibility index (Phi) is 4.73. The number of hydrogen-bond donors (Lipinski definition) is 1. The second-order valence-corrected chi connectivity index (χ2v) is 4.80. The van der Waals surface area contributed by atoms with E-state index in [2.05, 4.69) is 34.7 Å². The molecule has 0 saturated heterocycles. The van der Waals surface area contributed by atoms with Gasteiger partial charge in [-0.15, -0.1) is 11.3 Å². The van der Waals surface area contributed by atoms with Crippen LogP contribution in [0.1, 0.15) is 31.1 Å². The lowest BCUT2D eigenvalue weighted by Crippen LogP contribution is -2.18. The second-order valence-electron chi connectivity index (χ2n) is 4.08. The molecule has 0 bridgehead atoms. The average molecular weight is 262 g/mol. The molecule has 1 atom stereocenters. The summed E-state index contributed by atoms with van der Waals surface area (Å²) in [6, 6.07) is 8.54. The number of benzene rings is 1. The van der Waals surface area contributed by atoms with Crippen molar-refractivity contribution >= 4 is 11.3 Å². The molecule has 2 aromatic rings. The van der Waals surface area contributed by atoms with Gasteiger partial charge in [-0.3, -0.25) is 0 Å². The van der Waals surface area contributed by atoms with Gasteiger partial charge in [-0.05, 0) is 31.5 Å². The predicted octanol–water partition coefficient (Wildman–Crippen LogP) is 3.39. The molecule has 0 aliphatic heterocycles. The SMILES string of the molecule is CCOc1ccc(C(C)NCc2cscn2)cc1. The van der Waals surface area contributed by atoms with Gasteiger partial charge in [0.2, 0.25) is 0 Å². The molecular formula is C14H18N2OS. The molecule has 3 nitrogen and oxygen atoms in total. The molecule has 0 saturated carbocycles. The summed E-state index contributed by atoms with van der Waals surface area (Å²) >= 11 is 1.63. The van der Waals surface area contributed by atoms with Crippen molar-refractivity contribution in [2.45, 2.75) is 26.4 Å². The minimum Gasteiger partial charge on any atom is -0.494 e. The average Bonchev–Trinajstić information content (AvgIpc) is 2.90. The summed E-state index contributed by atoms with van der Waals surface area (Å²) in [6.07, 6.45) is 0. The van der Waals surface area contributed by atoms with Crippen molar-refractivity contribution in [2.75, 3.05) is 6.61 Å². The van der Waals surface area contributed by atoms with Crippen LogP contribution in [0.5, 0.6) is 5.75 Å². The number of nitrogens with zero attached hydrogens (tertiary/aromatic N) is 1. The fourth-order valence-corrected chi connectivity index (χ4v) is 2.28. The molecule has 1 heterocycles. The Hall–Kier alpha value is -1.39. The highest BCUT2D eigenvalue weighted by molar-refractivity contribution is 7.07. The van der Waals surface area contributed by atoms with Gasteiger partial charge in [0.25, 0.3) is 0 Å². The monoisotopic (exact) mass is 262 g/mol. The van der Waals surface area contributed by atoms with E-state index in [1.807, 2.05) is 24.6 Å². The van der Waals surface area contributed by atoms with E-state index in [0.717, 1.165) is 18.0 Å². The lowest BCUT2D eigenvalue weighted by atomic mass is 10.1. The van der Waals surface area contributed by atoms with Crippen LogP contribution in [-0.4, -0.2) is 11.6 Å². The van der Waals surface area contributed by atoms with Crippen LogP contribution in [0, 0.1) is 0 Å². The fourth-order valence-electron chi connectivity index (χ4n) is 1.72. The molecule has 0 spiro atoms. The number of aromatic nitrogens is 1. The van der Waals surface area contributed by atoms with Crippen molar-refractivity contribution in [3.05, 3.63) is 46.4 Å². The third-order valence-corrected chi connectivity index (χ3v) is 3.40. The number of rotatable bonds is 6. The van der Waals surface area contributed by atoms with Gasteiger partial charge in [0.05, 0.1) is 17.8 Å².